The Kier molecular flexibility index (Phi) is 4.37. The Hall–Kier alpha value is -0.860. The van der Waals surface area contributed by atoms with E-state index in [9.17, 15) is 0 Å². The molecule has 0 bridgehead atoms. The number of nitrogens with zero attached hydrogens (tertiary/aromatic N) is 2. The maximum absolute atomic E-state index is 8.73. The molecule has 0 aromatic carbocycles. The highest BCUT2D eigenvalue weighted by atomic mass is 32.2. The maximum atomic E-state index is 8.73. The lowest BCUT2D eigenvalue weighted by molar-refractivity contribution is 1.00. The first-order chi connectivity index (χ1) is 7.88. The molecular formula is C11H13N3S2. The average molecular weight is 251 g/mol. The van der Waals surface area contributed by atoms with Crippen LogP contribution in [0.5, 0.6) is 0 Å². The van der Waals surface area contributed by atoms with E-state index < -0.39 is 0 Å². The highest BCUT2D eigenvalue weighted by Gasteiger charge is 2.13. The summed E-state index contributed by atoms with van der Waals surface area (Å²) in [7, 11) is 0. The monoisotopic (exact) mass is 251 g/mol. The maximum Gasteiger partial charge on any atom is 0.142 e. The minimum Gasteiger partial charge on any atom is -0.384 e. The first kappa shape index (κ1) is 11.6. The first-order valence-electron chi connectivity index (χ1n) is 5.18. The van der Waals surface area contributed by atoms with E-state index in [4.69, 9.17) is 5.26 Å². The predicted octanol–water partition coefficient (Wildman–Crippen LogP) is 2.21. The lowest BCUT2D eigenvalue weighted by Crippen LogP contribution is -2.23. The Morgan fingerprint density at radius 3 is 3.25 bits per heavy atom. The van der Waals surface area contributed by atoms with E-state index in [1.54, 1.807) is 12.3 Å². The molecule has 3 nitrogen and oxygen atoms in total. The molecule has 1 aromatic rings. The molecule has 0 radical (unpaired) electrons. The lowest BCUT2D eigenvalue weighted by Gasteiger charge is -2.21. The molecule has 2 rings (SSSR count). The van der Waals surface area contributed by atoms with Gasteiger partial charge < -0.3 is 5.32 Å². The number of anilines is 1. The van der Waals surface area contributed by atoms with Crippen LogP contribution in [-0.2, 0) is 0 Å². The largest absolute Gasteiger partial charge is 0.384 e. The second-order valence-electron chi connectivity index (χ2n) is 3.49. The van der Waals surface area contributed by atoms with Crippen LogP contribution in [0.1, 0.15) is 5.69 Å². The molecule has 1 aliphatic rings. The number of thioether (sulfide) groups is 2. The van der Waals surface area contributed by atoms with Crippen LogP contribution in [0.15, 0.2) is 18.3 Å². The average Bonchev–Trinajstić information content (AvgIpc) is 2.38. The zero-order chi connectivity index (χ0) is 11.2. The summed E-state index contributed by atoms with van der Waals surface area (Å²) in [5.41, 5.74) is 1.46. The van der Waals surface area contributed by atoms with Crippen LogP contribution >= 0.6 is 23.5 Å². The summed E-state index contributed by atoms with van der Waals surface area (Å²) in [4.78, 5) is 3.94. The number of pyridine rings is 1. The van der Waals surface area contributed by atoms with E-state index in [2.05, 4.69) is 10.3 Å². The Balaban J connectivity index is 1.86. The molecule has 0 saturated carbocycles. The normalized spacial score (nSPS) is 20.1. The summed E-state index contributed by atoms with van der Waals surface area (Å²) >= 11 is 4.05. The second kappa shape index (κ2) is 6.02. The van der Waals surface area contributed by atoms with Gasteiger partial charge in [0, 0.05) is 40.9 Å². The Bertz CT molecular complexity index is 383. The van der Waals surface area contributed by atoms with Crippen molar-refractivity contribution >= 4 is 29.2 Å². The van der Waals surface area contributed by atoms with Gasteiger partial charge in [-0.3, -0.25) is 0 Å². The van der Waals surface area contributed by atoms with Crippen molar-refractivity contribution in [3.05, 3.63) is 24.0 Å². The van der Waals surface area contributed by atoms with Gasteiger partial charge in [0.25, 0.3) is 0 Å². The van der Waals surface area contributed by atoms with Crippen LogP contribution in [0.4, 0.5) is 5.69 Å². The van der Waals surface area contributed by atoms with E-state index in [0.717, 1.165) is 12.2 Å². The quantitative estimate of drug-likeness (QED) is 0.892. The van der Waals surface area contributed by atoms with Gasteiger partial charge in [0.05, 0.1) is 0 Å². The number of nitrogens with one attached hydrogen (secondary N) is 1. The van der Waals surface area contributed by atoms with Crippen molar-refractivity contribution in [1.82, 2.24) is 4.98 Å². The third-order valence-electron chi connectivity index (χ3n) is 2.29. The minimum absolute atomic E-state index is 0.468. The molecule has 1 atom stereocenters. The molecule has 0 spiro atoms. The summed E-state index contributed by atoms with van der Waals surface area (Å²) in [6, 6.07) is 5.74. The van der Waals surface area contributed by atoms with Crippen molar-refractivity contribution in [2.75, 3.05) is 29.1 Å². The smallest absolute Gasteiger partial charge is 0.142 e. The van der Waals surface area contributed by atoms with Crippen molar-refractivity contribution in [3.8, 4) is 6.07 Å². The van der Waals surface area contributed by atoms with E-state index in [0.29, 0.717) is 10.9 Å². The minimum atomic E-state index is 0.468. The van der Waals surface area contributed by atoms with E-state index >= 15 is 0 Å². The molecule has 5 heteroatoms. The summed E-state index contributed by atoms with van der Waals surface area (Å²) in [6.45, 7) is 0.965. The third kappa shape index (κ3) is 3.32. The third-order valence-corrected chi connectivity index (χ3v) is 5.14. The van der Waals surface area contributed by atoms with Crippen LogP contribution in [0.25, 0.3) is 0 Å². The molecule has 1 N–H and O–H groups in total. The van der Waals surface area contributed by atoms with Crippen LogP contribution in [0, 0.1) is 11.3 Å². The second-order valence-corrected chi connectivity index (χ2v) is 6.05. The van der Waals surface area contributed by atoms with Gasteiger partial charge in [-0.15, -0.1) is 0 Å². The lowest BCUT2D eigenvalue weighted by atomic mass is 10.3. The summed E-state index contributed by atoms with van der Waals surface area (Å²) in [6.07, 6.45) is 1.67. The van der Waals surface area contributed by atoms with Crippen LogP contribution in [0.2, 0.25) is 0 Å². The Labute approximate surface area is 104 Å². The molecule has 1 aliphatic heterocycles. The van der Waals surface area contributed by atoms with Gasteiger partial charge in [-0.25, -0.2) is 4.98 Å². The molecule has 16 heavy (non-hydrogen) atoms. The molecule has 1 saturated heterocycles. The van der Waals surface area contributed by atoms with Gasteiger partial charge in [0.15, 0.2) is 0 Å². The van der Waals surface area contributed by atoms with Gasteiger partial charge in [-0.2, -0.15) is 28.8 Å². The molecule has 84 valence electrons. The fraction of sp³-hybridized carbons (Fsp3) is 0.455. The van der Waals surface area contributed by atoms with E-state index in [-0.39, 0.29) is 0 Å². The van der Waals surface area contributed by atoms with Crippen molar-refractivity contribution in [3.63, 3.8) is 0 Å². The van der Waals surface area contributed by atoms with Crippen molar-refractivity contribution < 1.29 is 0 Å². The standard InChI is InChI=1S/C11H13N3S2/c12-6-10-5-9(1-2-13-10)14-7-11-8-15-3-4-16-11/h1-2,5,11H,3-4,7-8H2,(H,13,14). The van der Waals surface area contributed by atoms with E-state index in [1.165, 1.54) is 17.3 Å². The molecular weight excluding hydrogens is 238 g/mol. The van der Waals surface area contributed by atoms with Gasteiger partial charge in [0.2, 0.25) is 0 Å². The molecule has 1 aromatic heterocycles. The Morgan fingerprint density at radius 2 is 2.50 bits per heavy atom. The topological polar surface area (TPSA) is 48.7 Å². The number of aromatic nitrogens is 1. The van der Waals surface area contributed by atoms with Gasteiger partial charge in [-0.05, 0) is 12.1 Å². The number of hydrogen-bond acceptors (Lipinski definition) is 5. The zero-order valence-corrected chi connectivity index (χ0v) is 10.5. The van der Waals surface area contributed by atoms with Crippen LogP contribution in [0.3, 0.4) is 0 Å². The molecule has 1 unspecified atom stereocenters. The van der Waals surface area contributed by atoms with Gasteiger partial charge >= 0.3 is 0 Å². The highest BCUT2D eigenvalue weighted by molar-refractivity contribution is 8.06. The molecule has 0 amide bonds. The number of hydrogen-bond donors (Lipinski definition) is 1. The number of nitriles is 1. The fourth-order valence-corrected chi connectivity index (χ4v) is 4.10. The highest BCUT2D eigenvalue weighted by Crippen LogP contribution is 2.24. The molecule has 1 fully saturated rings. The molecule has 2 heterocycles. The van der Waals surface area contributed by atoms with Gasteiger partial charge in [0.1, 0.15) is 11.8 Å². The SMILES string of the molecule is N#Cc1cc(NCC2CSCCS2)ccn1. The summed E-state index contributed by atoms with van der Waals surface area (Å²) < 4.78 is 0. The van der Waals surface area contributed by atoms with Gasteiger partial charge in [-0.1, -0.05) is 0 Å². The van der Waals surface area contributed by atoms with Crippen molar-refractivity contribution in [1.29, 1.82) is 5.26 Å². The number of rotatable bonds is 3. The first-order valence-corrected chi connectivity index (χ1v) is 7.38. The fourth-order valence-electron chi connectivity index (χ4n) is 1.49. The molecule has 0 aliphatic carbocycles. The predicted molar refractivity (Wildman–Crippen MR) is 71.0 cm³/mol. The van der Waals surface area contributed by atoms with Crippen LogP contribution in [-0.4, -0.2) is 34.0 Å². The van der Waals surface area contributed by atoms with Crippen LogP contribution < -0.4 is 5.32 Å². The van der Waals surface area contributed by atoms with Crippen molar-refractivity contribution in [2.45, 2.75) is 5.25 Å². The van der Waals surface area contributed by atoms with E-state index in [1.807, 2.05) is 35.7 Å². The Morgan fingerprint density at radius 1 is 1.56 bits per heavy atom. The summed E-state index contributed by atoms with van der Waals surface area (Å²) in [5.74, 6) is 3.74. The van der Waals surface area contributed by atoms with Crippen molar-refractivity contribution in [2.24, 2.45) is 0 Å². The zero-order valence-electron chi connectivity index (χ0n) is 8.85. The summed E-state index contributed by atoms with van der Waals surface area (Å²) in [5, 5.41) is 12.8.